The normalized spacial score (nSPS) is 14.9. The maximum Gasteiger partial charge on any atom is 0.175 e. The molecule has 140 valence electrons. The van der Waals surface area contributed by atoms with E-state index in [9.17, 15) is 0 Å². The van der Waals surface area contributed by atoms with Gasteiger partial charge in [-0.25, -0.2) is 4.99 Å². The number of nitriles is 1. The lowest BCUT2D eigenvalue weighted by atomic mass is 10.0. The van der Waals surface area contributed by atoms with E-state index in [1.165, 1.54) is 0 Å². The van der Waals surface area contributed by atoms with Crippen molar-refractivity contribution < 1.29 is 9.47 Å². The molecule has 0 unspecified atom stereocenters. The lowest BCUT2D eigenvalue weighted by Crippen LogP contribution is -2.26. The van der Waals surface area contributed by atoms with E-state index in [-0.39, 0.29) is 23.8 Å². The number of rotatable bonds is 5. The summed E-state index contributed by atoms with van der Waals surface area (Å²) in [7, 11) is 3.16. The Morgan fingerprint density at radius 2 is 2.00 bits per heavy atom. The van der Waals surface area contributed by atoms with E-state index >= 15 is 0 Å². The van der Waals surface area contributed by atoms with Crippen molar-refractivity contribution in [3.05, 3.63) is 70.9 Å². The monoisotopic (exact) mass is 373 g/mol. The number of ether oxygens (including phenoxy) is 2. The van der Waals surface area contributed by atoms with Gasteiger partial charge >= 0.3 is 0 Å². The summed E-state index contributed by atoms with van der Waals surface area (Å²) in [6.45, 7) is 0.271. The molecule has 28 heavy (non-hydrogen) atoms. The van der Waals surface area contributed by atoms with Gasteiger partial charge in [0.25, 0.3) is 0 Å². The third-order valence-electron chi connectivity index (χ3n) is 4.21. The molecule has 0 fully saturated rings. The van der Waals surface area contributed by atoms with Gasteiger partial charge in [-0.15, -0.1) is 0 Å². The number of hydrogen-bond acceptors (Lipinski definition) is 6. The second kappa shape index (κ2) is 8.18. The van der Waals surface area contributed by atoms with Crippen LogP contribution in [-0.4, -0.2) is 31.5 Å². The Morgan fingerprint density at radius 3 is 2.71 bits per heavy atom. The molecule has 2 aromatic carbocycles. The number of nitrogens with zero attached hydrogens (tertiary/aromatic N) is 3. The molecule has 1 heterocycles. The molecular weight excluding hydrogens is 354 g/mol. The third-order valence-corrected chi connectivity index (χ3v) is 4.21. The van der Waals surface area contributed by atoms with Gasteiger partial charge in [0, 0.05) is 17.2 Å². The molecular formula is C21H19N5O2. The van der Waals surface area contributed by atoms with E-state index in [1.807, 2.05) is 18.2 Å². The third kappa shape index (κ3) is 3.91. The topological polar surface area (TPSA) is 117 Å². The molecule has 0 atom stereocenters. The van der Waals surface area contributed by atoms with E-state index < -0.39 is 0 Å². The standard InChI is InChI=1S/C21H19N5O2/c1-27-16-7-6-15(19(9-16)28-2)12-25-21-20(24)17(23)10-18(26-21)14-5-3-4-13(8-14)11-22/h3-10,24H,12,23H2,1-2H3. The number of amidine groups is 1. The molecule has 1 aliphatic heterocycles. The predicted molar refractivity (Wildman–Crippen MR) is 108 cm³/mol. The first-order valence-electron chi connectivity index (χ1n) is 8.46. The van der Waals surface area contributed by atoms with E-state index in [4.69, 9.17) is 25.9 Å². The van der Waals surface area contributed by atoms with Crippen molar-refractivity contribution in [2.45, 2.75) is 6.54 Å². The summed E-state index contributed by atoms with van der Waals surface area (Å²) < 4.78 is 10.6. The first kappa shape index (κ1) is 18.9. The van der Waals surface area contributed by atoms with Gasteiger partial charge in [-0.2, -0.15) is 5.26 Å². The molecule has 7 heteroatoms. The molecule has 3 rings (SSSR count). The van der Waals surface area contributed by atoms with Crippen LogP contribution in [0.5, 0.6) is 11.5 Å². The van der Waals surface area contributed by atoms with Crippen LogP contribution in [0.1, 0.15) is 16.7 Å². The summed E-state index contributed by atoms with van der Waals surface area (Å²) in [6.07, 6.45) is 1.62. The zero-order valence-electron chi connectivity index (χ0n) is 15.6. The highest BCUT2D eigenvalue weighted by atomic mass is 16.5. The minimum atomic E-state index is 0.0627. The Bertz CT molecular complexity index is 1060. The largest absolute Gasteiger partial charge is 0.497 e. The quantitative estimate of drug-likeness (QED) is 0.838. The van der Waals surface area contributed by atoms with Crippen molar-refractivity contribution in [2.75, 3.05) is 14.2 Å². The van der Waals surface area contributed by atoms with E-state index in [2.05, 4.69) is 16.1 Å². The number of allylic oxidation sites excluding steroid dienone is 1. The van der Waals surface area contributed by atoms with Gasteiger partial charge < -0.3 is 15.2 Å². The first-order valence-corrected chi connectivity index (χ1v) is 8.46. The lowest BCUT2D eigenvalue weighted by molar-refractivity contribution is 0.391. The highest BCUT2D eigenvalue weighted by Gasteiger charge is 2.18. The van der Waals surface area contributed by atoms with Crippen LogP contribution in [0.4, 0.5) is 0 Å². The van der Waals surface area contributed by atoms with Crippen LogP contribution in [0, 0.1) is 16.7 Å². The molecule has 1 aliphatic rings. The number of dihydropyridines is 1. The Morgan fingerprint density at radius 1 is 1.18 bits per heavy atom. The van der Waals surface area contributed by atoms with Gasteiger partial charge in [-0.3, -0.25) is 10.4 Å². The molecule has 0 aliphatic carbocycles. The smallest absolute Gasteiger partial charge is 0.175 e. The molecule has 0 spiro atoms. The molecule has 2 aromatic rings. The van der Waals surface area contributed by atoms with Gasteiger partial charge in [0.15, 0.2) is 5.84 Å². The van der Waals surface area contributed by atoms with E-state index in [1.54, 1.807) is 44.6 Å². The van der Waals surface area contributed by atoms with Gasteiger partial charge in [-0.05, 0) is 30.3 Å². The van der Waals surface area contributed by atoms with Crippen molar-refractivity contribution in [3.63, 3.8) is 0 Å². The molecule has 7 nitrogen and oxygen atoms in total. The molecule has 0 aromatic heterocycles. The Hall–Kier alpha value is -3.92. The Kier molecular flexibility index (Phi) is 5.51. The maximum absolute atomic E-state index is 9.09. The summed E-state index contributed by atoms with van der Waals surface area (Å²) >= 11 is 0. The second-order valence-electron chi connectivity index (χ2n) is 5.98. The molecule has 0 saturated carbocycles. The minimum Gasteiger partial charge on any atom is -0.497 e. The fraction of sp³-hybridized carbons (Fsp3) is 0.143. The van der Waals surface area contributed by atoms with Crippen LogP contribution >= 0.6 is 0 Å². The fourth-order valence-corrected chi connectivity index (χ4v) is 2.70. The summed E-state index contributed by atoms with van der Waals surface area (Å²) in [5, 5.41) is 17.3. The van der Waals surface area contributed by atoms with Crippen LogP contribution in [0.15, 0.2) is 64.2 Å². The minimum absolute atomic E-state index is 0.0627. The zero-order valence-corrected chi connectivity index (χ0v) is 15.6. The van der Waals surface area contributed by atoms with Crippen LogP contribution < -0.4 is 15.2 Å². The number of benzene rings is 2. The highest BCUT2D eigenvalue weighted by molar-refractivity contribution is 6.50. The molecule has 0 radical (unpaired) electrons. The summed E-state index contributed by atoms with van der Waals surface area (Å²) in [4.78, 5) is 8.94. The maximum atomic E-state index is 9.09. The number of nitrogens with two attached hydrogens (primary N) is 1. The SMILES string of the molecule is COc1ccc(CN=C2N=C(c3cccc(C#N)c3)C=C(N)C2=N)c(OC)c1. The van der Waals surface area contributed by atoms with Gasteiger partial charge in [0.1, 0.15) is 17.2 Å². The number of hydrogen-bond donors (Lipinski definition) is 2. The average molecular weight is 373 g/mol. The summed E-state index contributed by atoms with van der Waals surface area (Å²) in [5.74, 6) is 1.55. The lowest BCUT2D eigenvalue weighted by Gasteiger charge is -2.14. The highest BCUT2D eigenvalue weighted by Crippen LogP contribution is 2.25. The van der Waals surface area contributed by atoms with Crippen molar-refractivity contribution >= 4 is 17.3 Å². The average Bonchev–Trinajstić information content (AvgIpc) is 2.74. The molecule has 0 saturated heterocycles. The number of methoxy groups -OCH3 is 2. The van der Waals surface area contributed by atoms with Gasteiger partial charge in [0.05, 0.1) is 43.8 Å². The van der Waals surface area contributed by atoms with Crippen molar-refractivity contribution in [1.82, 2.24) is 0 Å². The summed E-state index contributed by atoms with van der Waals surface area (Å²) in [6, 6.07) is 14.6. The van der Waals surface area contributed by atoms with Crippen LogP contribution in [0.25, 0.3) is 0 Å². The summed E-state index contributed by atoms with van der Waals surface area (Å²) in [5.41, 5.74) is 8.99. The zero-order chi connectivity index (χ0) is 20.1. The van der Waals surface area contributed by atoms with Crippen LogP contribution in [-0.2, 0) is 6.54 Å². The fourth-order valence-electron chi connectivity index (χ4n) is 2.70. The Balaban J connectivity index is 1.94. The molecule has 0 amide bonds. The molecule has 0 bridgehead atoms. The number of nitrogens with one attached hydrogen (secondary N) is 1. The second-order valence-corrected chi connectivity index (χ2v) is 5.98. The van der Waals surface area contributed by atoms with Crippen LogP contribution in [0.2, 0.25) is 0 Å². The van der Waals surface area contributed by atoms with E-state index in [0.717, 1.165) is 11.1 Å². The predicted octanol–water partition coefficient (Wildman–Crippen LogP) is 2.84. The van der Waals surface area contributed by atoms with Crippen molar-refractivity contribution in [3.8, 4) is 17.6 Å². The van der Waals surface area contributed by atoms with Crippen LogP contribution in [0.3, 0.4) is 0 Å². The van der Waals surface area contributed by atoms with E-state index in [0.29, 0.717) is 22.8 Å². The van der Waals surface area contributed by atoms with Gasteiger partial charge in [0.2, 0.25) is 0 Å². The first-order chi connectivity index (χ1) is 13.5. The molecule has 3 N–H and O–H groups in total. The van der Waals surface area contributed by atoms with Gasteiger partial charge in [-0.1, -0.05) is 12.1 Å². The van der Waals surface area contributed by atoms with Crippen molar-refractivity contribution in [2.24, 2.45) is 15.7 Å². The van der Waals surface area contributed by atoms with Crippen molar-refractivity contribution in [1.29, 1.82) is 10.7 Å². The Labute approximate surface area is 163 Å². The number of aliphatic imine (C=N–C) groups is 2.